The molecule has 0 radical (unpaired) electrons. The molecule has 6 atom stereocenters. The highest BCUT2D eigenvalue weighted by atomic mass is 32.2. The van der Waals surface area contributed by atoms with Gasteiger partial charge in [-0.2, -0.15) is 0 Å². The van der Waals surface area contributed by atoms with Crippen LogP contribution in [-0.2, 0) is 14.4 Å². The molecule has 4 N–H and O–H groups in total. The highest BCUT2D eigenvalue weighted by Crippen LogP contribution is 2.51. The number of β-lactam (4-membered cyclic amide) rings is 1. The zero-order valence-corrected chi connectivity index (χ0v) is 17.4. The lowest BCUT2D eigenvalue weighted by atomic mass is 9.79. The van der Waals surface area contributed by atoms with Crippen molar-refractivity contribution in [3.8, 4) is 0 Å². The maximum atomic E-state index is 12.4. The molecule has 158 valence electrons. The molecule has 3 fully saturated rings. The Hall–Kier alpha value is -1.84. The van der Waals surface area contributed by atoms with E-state index in [0.717, 1.165) is 36.3 Å². The van der Waals surface area contributed by atoms with E-state index in [2.05, 4.69) is 10.6 Å². The van der Waals surface area contributed by atoms with Crippen LogP contribution in [-0.4, -0.2) is 69.4 Å². The summed E-state index contributed by atoms with van der Waals surface area (Å²) >= 11 is 1.52. The minimum absolute atomic E-state index is 0.00138. The second kappa shape index (κ2) is 7.77. The van der Waals surface area contributed by atoms with Crippen molar-refractivity contribution in [2.24, 2.45) is 11.8 Å². The third-order valence-electron chi connectivity index (χ3n) is 6.33. The fraction of sp³-hybridized carbons (Fsp3) is 0.650. The minimum atomic E-state index is -1.09. The summed E-state index contributed by atoms with van der Waals surface area (Å²) in [5.74, 6) is -2.06. The molecule has 0 aromatic rings. The Labute approximate surface area is 173 Å². The third-order valence-corrected chi connectivity index (χ3v) is 7.84. The van der Waals surface area contributed by atoms with E-state index in [1.807, 2.05) is 13.0 Å². The van der Waals surface area contributed by atoms with Crippen molar-refractivity contribution in [2.45, 2.75) is 56.5 Å². The Balaban J connectivity index is 1.48. The molecule has 3 saturated heterocycles. The number of aliphatic hydroxyl groups excluding tert-OH is 1. The summed E-state index contributed by atoms with van der Waals surface area (Å²) in [5.41, 5.74) is 0.886. The molecule has 0 bridgehead atoms. The Morgan fingerprint density at radius 3 is 2.79 bits per heavy atom. The average molecular weight is 422 g/mol. The smallest absolute Gasteiger partial charge is 0.353 e. The number of fused-ring (bicyclic) bond motifs is 1. The number of nitrogens with one attached hydrogen (secondary N) is 2. The SMILES string of the molecule is C[C@@H](O)[C@H]1C(=O)N2C(C(=O)O)=C(S[C@@H]3CN[C@H](/C=C4\CCCNC4=O)C3)[C@H](C)[C@H]12. The number of aliphatic hydroxyl groups is 1. The van der Waals surface area contributed by atoms with Crippen LogP contribution in [0.4, 0.5) is 0 Å². The van der Waals surface area contributed by atoms with Crippen molar-refractivity contribution in [3.63, 3.8) is 0 Å². The van der Waals surface area contributed by atoms with Crippen LogP contribution in [0.25, 0.3) is 0 Å². The van der Waals surface area contributed by atoms with Crippen molar-refractivity contribution in [2.75, 3.05) is 13.1 Å². The number of carboxylic acid groups (broad SMARTS) is 1. The topological polar surface area (TPSA) is 119 Å². The first-order valence-corrected chi connectivity index (χ1v) is 11.0. The molecule has 4 aliphatic rings. The van der Waals surface area contributed by atoms with Gasteiger partial charge in [-0.1, -0.05) is 13.0 Å². The summed E-state index contributed by atoms with van der Waals surface area (Å²) in [7, 11) is 0. The zero-order valence-electron chi connectivity index (χ0n) is 16.6. The lowest BCUT2D eigenvalue weighted by Gasteiger charge is -2.46. The number of carbonyl (C=O) groups is 3. The summed E-state index contributed by atoms with van der Waals surface area (Å²) in [6, 6.07) is -0.199. The van der Waals surface area contributed by atoms with E-state index in [4.69, 9.17) is 0 Å². The molecule has 2 amide bonds. The van der Waals surface area contributed by atoms with Crippen LogP contribution in [0.15, 0.2) is 22.3 Å². The number of rotatable bonds is 5. The number of piperidine rings is 1. The van der Waals surface area contributed by atoms with Gasteiger partial charge < -0.3 is 25.7 Å². The number of amides is 2. The molecule has 0 unspecified atom stereocenters. The monoisotopic (exact) mass is 421 g/mol. The zero-order chi connectivity index (χ0) is 20.9. The van der Waals surface area contributed by atoms with Gasteiger partial charge in [0, 0.05) is 40.8 Å². The van der Waals surface area contributed by atoms with Crippen LogP contribution in [0.2, 0.25) is 0 Å². The first-order valence-electron chi connectivity index (χ1n) is 10.2. The second-order valence-electron chi connectivity index (χ2n) is 8.31. The predicted octanol–water partition coefficient (Wildman–Crippen LogP) is 0.440. The summed E-state index contributed by atoms with van der Waals surface area (Å²) < 4.78 is 0. The highest BCUT2D eigenvalue weighted by Gasteiger charge is 2.60. The maximum Gasteiger partial charge on any atom is 0.353 e. The number of thioether (sulfide) groups is 1. The van der Waals surface area contributed by atoms with Gasteiger partial charge in [0.05, 0.1) is 18.1 Å². The van der Waals surface area contributed by atoms with Gasteiger partial charge in [-0.25, -0.2) is 4.79 Å². The van der Waals surface area contributed by atoms with E-state index >= 15 is 0 Å². The van der Waals surface area contributed by atoms with Crippen molar-refractivity contribution >= 4 is 29.5 Å². The summed E-state index contributed by atoms with van der Waals surface area (Å²) in [6.45, 7) is 4.95. The summed E-state index contributed by atoms with van der Waals surface area (Å²) in [5, 5.41) is 26.1. The first-order chi connectivity index (χ1) is 13.8. The molecule has 0 aromatic heterocycles. The van der Waals surface area contributed by atoms with Gasteiger partial charge >= 0.3 is 5.97 Å². The van der Waals surface area contributed by atoms with Crippen molar-refractivity contribution in [1.82, 2.24) is 15.5 Å². The Bertz CT molecular complexity index is 808. The van der Waals surface area contributed by atoms with Crippen LogP contribution in [0, 0.1) is 11.8 Å². The number of carbonyl (C=O) groups excluding carboxylic acids is 2. The number of hydrogen-bond acceptors (Lipinski definition) is 6. The summed E-state index contributed by atoms with van der Waals surface area (Å²) in [6.07, 6.45) is 3.73. The van der Waals surface area contributed by atoms with E-state index in [0.29, 0.717) is 6.54 Å². The number of carboxylic acids is 1. The Morgan fingerprint density at radius 1 is 1.38 bits per heavy atom. The third kappa shape index (κ3) is 3.49. The molecule has 9 heteroatoms. The van der Waals surface area contributed by atoms with E-state index in [-0.39, 0.29) is 40.8 Å². The Kier molecular flexibility index (Phi) is 5.48. The van der Waals surface area contributed by atoms with Gasteiger partial charge in [0.15, 0.2) is 0 Å². The Morgan fingerprint density at radius 2 is 2.14 bits per heavy atom. The average Bonchev–Trinajstić information content (AvgIpc) is 3.19. The van der Waals surface area contributed by atoms with E-state index in [1.54, 1.807) is 6.92 Å². The van der Waals surface area contributed by atoms with Gasteiger partial charge in [0.25, 0.3) is 0 Å². The van der Waals surface area contributed by atoms with Gasteiger partial charge in [0.1, 0.15) is 5.70 Å². The fourth-order valence-electron chi connectivity index (χ4n) is 4.92. The largest absolute Gasteiger partial charge is 0.477 e. The molecule has 4 rings (SSSR count). The van der Waals surface area contributed by atoms with Gasteiger partial charge in [-0.15, -0.1) is 11.8 Å². The van der Waals surface area contributed by atoms with E-state index < -0.39 is 18.0 Å². The molecular formula is C20H27N3O5S. The quantitative estimate of drug-likeness (QED) is 0.376. The molecular weight excluding hydrogens is 394 g/mol. The molecule has 8 nitrogen and oxygen atoms in total. The van der Waals surface area contributed by atoms with E-state index in [9.17, 15) is 24.6 Å². The highest BCUT2D eigenvalue weighted by molar-refractivity contribution is 8.03. The molecule has 4 heterocycles. The summed E-state index contributed by atoms with van der Waals surface area (Å²) in [4.78, 5) is 38.4. The molecule has 0 aromatic carbocycles. The van der Waals surface area contributed by atoms with Crippen LogP contribution < -0.4 is 10.6 Å². The van der Waals surface area contributed by atoms with Crippen molar-refractivity contribution in [3.05, 3.63) is 22.3 Å². The molecule has 4 aliphatic heterocycles. The number of aliphatic carboxylic acids is 1. The fourth-order valence-corrected chi connectivity index (χ4v) is 6.41. The van der Waals surface area contributed by atoms with Crippen LogP contribution >= 0.6 is 11.8 Å². The van der Waals surface area contributed by atoms with Crippen LogP contribution in [0.1, 0.15) is 33.1 Å². The number of hydrogen-bond donors (Lipinski definition) is 4. The van der Waals surface area contributed by atoms with Crippen molar-refractivity contribution in [1.29, 1.82) is 0 Å². The minimum Gasteiger partial charge on any atom is -0.477 e. The van der Waals surface area contributed by atoms with Gasteiger partial charge in [-0.3, -0.25) is 9.59 Å². The van der Waals surface area contributed by atoms with Crippen molar-refractivity contribution < 1.29 is 24.6 Å². The predicted molar refractivity (Wildman–Crippen MR) is 108 cm³/mol. The molecule has 0 saturated carbocycles. The van der Waals surface area contributed by atoms with Crippen LogP contribution in [0.3, 0.4) is 0 Å². The number of nitrogens with zero attached hydrogens (tertiary/aromatic N) is 1. The lowest BCUT2D eigenvalue weighted by molar-refractivity contribution is -0.163. The molecule has 0 aliphatic carbocycles. The second-order valence-corrected chi connectivity index (χ2v) is 9.66. The standard InChI is InChI=1S/C20H27N3O5S/c1-9-15-14(10(2)24)19(26)23(15)16(20(27)28)17(9)29-13-7-12(22-8-13)6-11-4-3-5-21-18(11)25/h6,9-10,12-15,22,24H,3-5,7-8H2,1-2H3,(H,21,25)(H,27,28)/b11-6+/t9-,10-,12-,13+,14-,15-/m1/s1. The molecule has 29 heavy (non-hydrogen) atoms. The van der Waals surface area contributed by atoms with Gasteiger partial charge in [-0.05, 0) is 26.2 Å². The first kappa shape index (κ1) is 20.4. The normalized spacial score (nSPS) is 36.9. The molecule has 0 spiro atoms. The maximum absolute atomic E-state index is 12.4. The lowest BCUT2D eigenvalue weighted by Crippen LogP contribution is -2.63. The van der Waals surface area contributed by atoms with Crippen LogP contribution in [0.5, 0.6) is 0 Å². The van der Waals surface area contributed by atoms with E-state index in [1.165, 1.54) is 16.7 Å². The van der Waals surface area contributed by atoms with Gasteiger partial charge in [0.2, 0.25) is 11.8 Å².